The van der Waals surface area contributed by atoms with E-state index in [0.717, 1.165) is 10.0 Å². The van der Waals surface area contributed by atoms with Gasteiger partial charge in [0.2, 0.25) is 5.96 Å². The van der Waals surface area contributed by atoms with Crippen molar-refractivity contribution in [1.29, 1.82) is 0 Å². The topological polar surface area (TPSA) is 73.8 Å². The van der Waals surface area contributed by atoms with Crippen LogP contribution < -0.4 is 10.0 Å². The Morgan fingerprint density at radius 3 is 2.44 bits per heavy atom. The SMILES string of the molecule is O=S(=O)(NC1=NCN(Cc2ccc(Cl)cc2)CN1)c1ccc(Br)cc1. The fourth-order valence-corrected chi connectivity index (χ4v) is 3.68. The first-order chi connectivity index (χ1) is 11.9. The van der Waals surface area contributed by atoms with Gasteiger partial charge in [0, 0.05) is 16.0 Å². The zero-order chi connectivity index (χ0) is 17.9. The smallest absolute Gasteiger partial charge is 0.264 e. The molecule has 0 fully saturated rings. The summed E-state index contributed by atoms with van der Waals surface area (Å²) >= 11 is 9.16. The maximum Gasteiger partial charge on any atom is 0.264 e. The fraction of sp³-hybridized carbons (Fsp3) is 0.188. The Bertz CT molecular complexity index is 870. The molecular weight excluding hydrogens is 428 g/mol. The monoisotopic (exact) mass is 442 g/mol. The summed E-state index contributed by atoms with van der Waals surface area (Å²) in [5, 5.41) is 3.69. The van der Waals surface area contributed by atoms with E-state index < -0.39 is 10.0 Å². The van der Waals surface area contributed by atoms with E-state index >= 15 is 0 Å². The van der Waals surface area contributed by atoms with Gasteiger partial charge in [-0.2, -0.15) is 0 Å². The van der Waals surface area contributed by atoms with Crippen molar-refractivity contribution >= 4 is 43.5 Å². The number of benzene rings is 2. The van der Waals surface area contributed by atoms with Gasteiger partial charge in [0.1, 0.15) is 0 Å². The summed E-state index contributed by atoms with van der Waals surface area (Å²) in [7, 11) is -3.66. The van der Waals surface area contributed by atoms with E-state index in [1.54, 1.807) is 12.1 Å². The van der Waals surface area contributed by atoms with Crippen molar-refractivity contribution in [2.75, 3.05) is 13.3 Å². The van der Waals surface area contributed by atoms with Gasteiger partial charge in [0.25, 0.3) is 10.0 Å². The lowest BCUT2D eigenvalue weighted by Crippen LogP contribution is -2.49. The van der Waals surface area contributed by atoms with Crippen molar-refractivity contribution in [1.82, 2.24) is 14.9 Å². The Kier molecular flexibility index (Phi) is 5.63. The van der Waals surface area contributed by atoms with Crippen molar-refractivity contribution in [2.45, 2.75) is 11.4 Å². The van der Waals surface area contributed by atoms with Crippen LogP contribution in [0.15, 0.2) is 62.9 Å². The Hall–Kier alpha value is -1.61. The van der Waals surface area contributed by atoms with Crippen LogP contribution in [-0.2, 0) is 16.6 Å². The first kappa shape index (κ1) is 18.2. The van der Waals surface area contributed by atoms with Gasteiger partial charge in [-0.05, 0) is 42.0 Å². The minimum Gasteiger partial charge on any atom is -0.343 e. The molecule has 132 valence electrons. The molecular formula is C16H16BrClN4O2S. The summed E-state index contributed by atoms with van der Waals surface area (Å²) in [5.41, 5.74) is 1.11. The Morgan fingerprint density at radius 1 is 1.16 bits per heavy atom. The van der Waals surface area contributed by atoms with E-state index in [0.29, 0.717) is 24.9 Å². The summed E-state index contributed by atoms with van der Waals surface area (Å²) in [6, 6.07) is 14.0. The first-order valence-corrected chi connectivity index (χ1v) is 10.1. The lowest BCUT2D eigenvalue weighted by Gasteiger charge is -2.27. The van der Waals surface area contributed by atoms with E-state index in [-0.39, 0.29) is 10.9 Å². The minimum atomic E-state index is -3.66. The Balaban J connectivity index is 1.61. The summed E-state index contributed by atoms with van der Waals surface area (Å²) in [6.45, 7) is 1.58. The number of sulfonamides is 1. The first-order valence-electron chi connectivity index (χ1n) is 7.46. The molecule has 2 aromatic carbocycles. The Morgan fingerprint density at radius 2 is 1.84 bits per heavy atom. The number of rotatable bonds is 4. The van der Waals surface area contributed by atoms with Crippen molar-refractivity contribution in [3.05, 3.63) is 63.6 Å². The molecule has 0 saturated carbocycles. The van der Waals surface area contributed by atoms with E-state index in [1.807, 2.05) is 29.2 Å². The third-order valence-electron chi connectivity index (χ3n) is 3.57. The minimum absolute atomic E-state index is 0.184. The predicted molar refractivity (Wildman–Crippen MR) is 102 cm³/mol. The van der Waals surface area contributed by atoms with Gasteiger partial charge in [0.15, 0.2) is 0 Å². The van der Waals surface area contributed by atoms with E-state index in [2.05, 4.69) is 31.0 Å². The largest absolute Gasteiger partial charge is 0.343 e. The molecule has 1 heterocycles. The van der Waals surface area contributed by atoms with E-state index in [1.165, 1.54) is 12.1 Å². The van der Waals surface area contributed by atoms with Crippen LogP contribution in [0.2, 0.25) is 5.02 Å². The quantitative estimate of drug-likeness (QED) is 0.762. The number of guanidine groups is 1. The van der Waals surface area contributed by atoms with Crippen LogP contribution in [0.3, 0.4) is 0 Å². The summed E-state index contributed by atoms with van der Waals surface area (Å²) in [6.07, 6.45) is 0. The highest BCUT2D eigenvalue weighted by Gasteiger charge is 2.19. The molecule has 0 amide bonds. The van der Waals surface area contributed by atoms with Gasteiger partial charge < -0.3 is 5.32 Å². The van der Waals surface area contributed by atoms with Gasteiger partial charge in [-0.3, -0.25) is 4.90 Å². The molecule has 6 nitrogen and oxygen atoms in total. The van der Waals surface area contributed by atoms with Crippen LogP contribution in [0.4, 0.5) is 0 Å². The molecule has 0 bridgehead atoms. The lowest BCUT2D eigenvalue weighted by atomic mass is 10.2. The van der Waals surface area contributed by atoms with Crippen molar-refractivity contribution in [3.63, 3.8) is 0 Å². The number of nitrogens with zero attached hydrogens (tertiary/aromatic N) is 2. The highest BCUT2D eigenvalue weighted by Crippen LogP contribution is 2.15. The molecule has 0 aliphatic carbocycles. The predicted octanol–water partition coefficient (Wildman–Crippen LogP) is 2.76. The maximum absolute atomic E-state index is 12.3. The molecule has 0 aromatic heterocycles. The van der Waals surface area contributed by atoms with Gasteiger partial charge in [-0.1, -0.05) is 39.7 Å². The molecule has 0 saturated heterocycles. The van der Waals surface area contributed by atoms with Crippen LogP contribution in [-0.4, -0.2) is 32.6 Å². The molecule has 3 rings (SSSR count). The van der Waals surface area contributed by atoms with Crippen LogP contribution in [0.5, 0.6) is 0 Å². The third kappa shape index (κ3) is 4.94. The van der Waals surface area contributed by atoms with E-state index in [9.17, 15) is 8.42 Å². The number of nitrogens with one attached hydrogen (secondary N) is 2. The van der Waals surface area contributed by atoms with Gasteiger partial charge in [-0.15, -0.1) is 0 Å². The second-order valence-electron chi connectivity index (χ2n) is 5.50. The zero-order valence-electron chi connectivity index (χ0n) is 13.1. The number of halogens is 2. The van der Waals surface area contributed by atoms with Crippen molar-refractivity contribution in [3.8, 4) is 0 Å². The molecule has 1 aliphatic heterocycles. The molecule has 9 heteroatoms. The molecule has 0 radical (unpaired) electrons. The lowest BCUT2D eigenvalue weighted by molar-refractivity contribution is 0.255. The molecule has 0 atom stereocenters. The molecule has 1 aliphatic rings. The molecule has 2 N–H and O–H groups in total. The standard InChI is InChI=1S/C16H16BrClN4O2S/c17-13-3-7-15(8-4-13)25(23,24)21-16-19-10-22(11-20-16)9-12-1-5-14(18)6-2-12/h1-8H,9-11H2,(H2,19,20,21). The maximum atomic E-state index is 12.3. The molecule has 2 aromatic rings. The van der Waals surface area contributed by atoms with Gasteiger partial charge in [-0.25, -0.2) is 18.1 Å². The highest BCUT2D eigenvalue weighted by atomic mass is 79.9. The highest BCUT2D eigenvalue weighted by molar-refractivity contribution is 9.10. The molecule has 0 unspecified atom stereocenters. The number of hydrogen-bond acceptors (Lipinski definition) is 5. The average Bonchev–Trinajstić information content (AvgIpc) is 2.59. The third-order valence-corrected chi connectivity index (χ3v) is 5.71. The van der Waals surface area contributed by atoms with Crippen molar-refractivity contribution in [2.24, 2.45) is 4.99 Å². The molecule has 0 spiro atoms. The Labute approximate surface area is 160 Å². The number of aliphatic imine (C=N–C) groups is 1. The summed E-state index contributed by atoms with van der Waals surface area (Å²) in [4.78, 5) is 6.49. The second kappa shape index (κ2) is 7.74. The van der Waals surface area contributed by atoms with Gasteiger partial charge >= 0.3 is 0 Å². The second-order valence-corrected chi connectivity index (χ2v) is 8.53. The summed E-state index contributed by atoms with van der Waals surface area (Å²) in [5.74, 6) is 0.246. The fourth-order valence-electron chi connectivity index (χ4n) is 2.29. The zero-order valence-corrected chi connectivity index (χ0v) is 16.3. The molecule has 25 heavy (non-hydrogen) atoms. The van der Waals surface area contributed by atoms with Crippen molar-refractivity contribution < 1.29 is 8.42 Å². The van der Waals surface area contributed by atoms with E-state index in [4.69, 9.17) is 11.6 Å². The summed E-state index contributed by atoms with van der Waals surface area (Å²) < 4.78 is 28.0. The van der Waals surface area contributed by atoms with Crippen LogP contribution in [0.1, 0.15) is 5.56 Å². The normalized spacial score (nSPS) is 15.4. The number of hydrogen-bond donors (Lipinski definition) is 2. The van der Waals surface area contributed by atoms with Crippen LogP contribution in [0.25, 0.3) is 0 Å². The van der Waals surface area contributed by atoms with Gasteiger partial charge in [0.05, 0.1) is 18.2 Å². The van der Waals surface area contributed by atoms with Crippen LogP contribution >= 0.6 is 27.5 Å². The van der Waals surface area contributed by atoms with Crippen LogP contribution in [0, 0.1) is 0 Å². The average molecular weight is 444 g/mol.